The highest BCUT2D eigenvalue weighted by molar-refractivity contribution is 7.93. The van der Waals surface area contributed by atoms with Crippen molar-refractivity contribution in [2.75, 3.05) is 16.6 Å². The summed E-state index contributed by atoms with van der Waals surface area (Å²) in [5.41, 5.74) is 1.47. The van der Waals surface area contributed by atoms with Crippen molar-refractivity contribution in [2.45, 2.75) is 18.0 Å². The molecule has 0 fully saturated rings. The van der Waals surface area contributed by atoms with E-state index in [4.69, 9.17) is 0 Å². The molecule has 1 amide bonds. The molecule has 3 aromatic rings. The van der Waals surface area contributed by atoms with E-state index in [0.29, 0.717) is 5.69 Å². The fourth-order valence-electron chi connectivity index (χ4n) is 2.39. The standard InChI is InChI=1S/C19H16F3N3O4S2/c1-12-2-4-13(5-3-12)25-31(27,28)15-8-9-30-17(15)18(26)24-14-6-7-16(23-10-14)29-11-19(20,21)22/h2-10,25H,11H2,1H3,(H,24,26). The molecule has 0 spiro atoms. The maximum absolute atomic E-state index is 12.7. The highest BCUT2D eigenvalue weighted by atomic mass is 32.2. The van der Waals surface area contributed by atoms with Crippen LogP contribution in [0.15, 0.2) is 58.9 Å². The predicted octanol–water partition coefficient (Wildman–Crippen LogP) is 4.45. The normalized spacial score (nSPS) is 11.7. The van der Waals surface area contributed by atoms with Crippen LogP contribution in [0.4, 0.5) is 24.5 Å². The Morgan fingerprint density at radius 2 is 1.77 bits per heavy atom. The van der Waals surface area contributed by atoms with Crippen molar-refractivity contribution < 1.29 is 31.1 Å². The minimum atomic E-state index is -4.50. The Bertz CT molecular complexity index is 1160. The number of nitrogens with zero attached hydrogens (tertiary/aromatic N) is 1. The van der Waals surface area contributed by atoms with Gasteiger partial charge in [0.2, 0.25) is 5.88 Å². The first-order valence-electron chi connectivity index (χ1n) is 8.67. The van der Waals surface area contributed by atoms with Crippen LogP contribution < -0.4 is 14.8 Å². The molecular formula is C19H16F3N3O4S2. The molecule has 0 bridgehead atoms. The number of rotatable bonds is 7. The van der Waals surface area contributed by atoms with Crippen LogP contribution in [-0.2, 0) is 10.0 Å². The molecule has 0 saturated heterocycles. The summed E-state index contributed by atoms with van der Waals surface area (Å²) < 4.78 is 68.9. The number of benzene rings is 1. The van der Waals surface area contributed by atoms with E-state index in [2.05, 4.69) is 19.8 Å². The fourth-order valence-corrected chi connectivity index (χ4v) is 4.77. The van der Waals surface area contributed by atoms with Gasteiger partial charge in [0.25, 0.3) is 15.9 Å². The van der Waals surface area contributed by atoms with Gasteiger partial charge >= 0.3 is 6.18 Å². The number of carbonyl (C=O) groups excluding carboxylic acids is 1. The van der Waals surface area contributed by atoms with Gasteiger partial charge in [0, 0.05) is 11.8 Å². The smallest absolute Gasteiger partial charge is 0.422 e. The zero-order valence-corrected chi connectivity index (χ0v) is 17.6. The molecular weight excluding hydrogens is 455 g/mol. The third kappa shape index (κ3) is 6.18. The first kappa shape index (κ1) is 22.6. The van der Waals surface area contributed by atoms with Crippen LogP contribution in [-0.4, -0.2) is 32.1 Å². The van der Waals surface area contributed by atoms with E-state index < -0.39 is 28.7 Å². The van der Waals surface area contributed by atoms with Crippen LogP contribution in [0.1, 0.15) is 15.2 Å². The number of sulfonamides is 1. The summed E-state index contributed by atoms with van der Waals surface area (Å²) >= 11 is 0.929. The molecule has 12 heteroatoms. The van der Waals surface area contributed by atoms with Crippen LogP contribution in [0, 0.1) is 6.92 Å². The molecule has 7 nitrogen and oxygen atoms in total. The van der Waals surface area contributed by atoms with Gasteiger partial charge in [0.05, 0.1) is 11.9 Å². The SMILES string of the molecule is Cc1ccc(NS(=O)(=O)c2ccsc2C(=O)Nc2ccc(OCC(F)(F)F)nc2)cc1. The lowest BCUT2D eigenvalue weighted by Gasteiger charge is -2.10. The molecule has 0 aliphatic carbocycles. The van der Waals surface area contributed by atoms with E-state index in [1.807, 2.05) is 6.92 Å². The van der Waals surface area contributed by atoms with Gasteiger partial charge in [-0.15, -0.1) is 11.3 Å². The van der Waals surface area contributed by atoms with Gasteiger partial charge in [-0.2, -0.15) is 13.2 Å². The number of alkyl halides is 3. The molecule has 0 aliphatic heterocycles. The quantitative estimate of drug-likeness (QED) is 0.531. The van der Waals surface area contributed by atoms with Crippen molar-refractivity contribution in [2.24, 2.45) is 0 Å². The van der Waals surface area contributed by atoms with Crippen LogP contribution in [0.25, 0.3) is 0 Å². The number of aryl methyl sites for hydroxylation is 1. The number of aromatic nitrogens is 1. The maximum atomic E-state index is 12.7. The Morgan fingerprint density at radius 3 is 2.39 bits per heavy atom. The van der Waals surface area contributed by atoms with E-state index in [1.54, 1.807) is 24.3 Å². The van der Waals surface area contributed by atoms with Gasteiger partial charge in [-0.05, 0) is 36.6 Å². The lowest BCUT2D eigenvalue weighted by atomic mass is 10.2. The molecule has 2 N–H and O–H groups in total. The third-order valence-corrected chi connectivity index (χ3v) is 6.27. The highest BCUT2D eigenvalue weighted by Crippen LogP contribution is 2.26. The molecule has 0 unspecified atom stereocenters. The van der Waals surface area contributed by atoms with Gasteiger partial charge < -0.3 is 10.1 Å². The Morgan fingerprint density at radius 1 is 1.10 bits per heavy atom. The summed E-state index contributed by atoms with van der Waals surface area (Å²) in [6, 6.07) is 10.5. The minimum absolute atomic E-state index is 0.0583. The number of pyridine rings is 1. The number of carbonyl (C=O) groups is 1. The third-order valence-electron chi connectivity index (χ3n) is 3.81. The lowest BCUT2D eigenvalue weighted by Crippen LogP contribution is -2.20. The summed E-state index contributed by atoms with van der Waals surface area (Å²) in [5.74, 6) is -0.970. The molecule has 1 aromatic carbocycles. The van der Waals surface area contributed by atoms with Crippen LogP contribution >= 0.6 is 11.3 Å². The summed E-state index contributed by atoms with van der Waals surface area (Å²) in [6.07, 6.45) is -3.39. The number of ether oxygens (including phenoxy) is 1. The summed E-state index contributed by atoms with van der Waals surface area (Å²) in [4.78, 5) is 16.0. The number of nitrogens with one attached hydrogen (secondary N) is 2. The average Bonchev–Trinajstić information content (AvgIpc) is 3.20. The Balaban J connectivity index is 1.71. The van der Waals surface area contributed by atoms with Crippen molar-refractivity contribution in [3.8, 4) is 5.88 Å². The van der Waals surface area contributed by atoms with Gasteiger partial charge in [0.1, 0.15) is 9.77 Å². The fraction of sp³-hybridized carbons (Fsp3) is 0.158. The van der Waals surface area contributed by atoms with E-state index in [1.165, 1.54) is 17.5 Å². The molecule has 3 rings (SSSR count). The van der Waals surface area contributed by atoms with Gasteiger partial charge in [-0.3, -0.25) is 9.52 Å². The van der Waals surface area contributed by atoms with Crippen molar-refractivity contribution in [3.63, 3.8) is 0 Å². The van der Waals surface area contributed by atoms with Crippen molar-refractivity contribution in [1.82, 2.24) is 4.98 Å². The van der Waals surface area contributed by atoms with Gasteiger partial charge in [-0.1, -0.05) is 17.7 Å². The summed E-state index contributed by atoms with van der Waals surface area (Å²) in [5, 5.41) is 3.93. The molecule has 2 aromatic heterocycles. The van der Waals surface area contributed by atoms with Crippen LogP contribution in [0.5, 0.6) is 5.88 Å². The topological polar surface area (TPSA) is 97.4 Å². The zero-order chi connectivity index (χ0) is 22.6. The second-order valence-electron chi connectivity index (χ2n) is 6.33. The zero-order valence-electron chi connectivity index (χ0n) is 15.9. The number of hydrogen-bond donors (Lipinski definition) is 2. The molecule has 0 aliphatic rings. The second kappa shape index (κ2) is 8.94. The molecule has 0 atom stereocenters. The lowest BCUT2D eigenvalue weighted by molar-refractivity contribution is -0.154. The first-order valence-corrected chi connectivity index (χ1v) is 11.0. The number of anilines is 2. The average molecular weight is 471 g/mol. The van der Waals surface area contributed by atoms with E-state index in [-0.39, 0.29) is 21.3 Å². The Kier molecular flexibility index (Phi) is 6.51. The monoisotopic (exact) mass is 471 g/mol. The van der Waals surface area contributed by atoms with Gasteiger partial charge in [0.15, 0.2) is 6.61 Å². The molecule has 0 saturated carbocycles. The number of thiophene rings is 1. The first-order chi connectivity index (χ1) is 14.5. The van der Waals surface area contributed by atoms with Gasteiger partial charge in [-0.25, -0.2) is 13.4 Å². The second-order valence-corrected chi connectivity index (χ2v) is 8.90. The molecule has 31 heavy (non-hydrogen) atoms. The maximum Gasteiger partial charge on any atom is 0.422 e. The summed E-state index contributed by atoms with van der Waals surface area (Å²) in [7, 11) is -4.02. The Hall–Kier alpha value is -3.12. The van der Waals surface area contributed by atoms with Crippen LogP contribution in [0.2, 0.25) is 0 Å². The number of hydrogen-bond acceptors (Lipinski definition) is 6. The van der Waals surface area contributed by atoms with E-state index in [0.717, 1.165) is 29.2 Å². The number of amides is 1. The highest BCUT2D eigenvalue weighted by Gasteiger charge is 2.28. The molecule has 0 radical (unpaired) electrons. The minimum Gasteiger partial charge on any atom is -0.468 e. The molecule has 164 valence electrons. The predicted molar refractivity (Wildman–Crippen MR) is 110 cm³/mol. The number of halogens is 3. The largest absolute Gasteiger partial charge is 0.468 e. The summed E-state index contributed by atoms with van der Waals surface area (Å²) in [6.45, 7) is 0.375. The molecule has 2 heterocycles. The van der Waals surface area contributed by atoms with Crippen molar-refractivity contribution in [1.29, 1.82) is 0 Å². The van der Waals surface area contributed by atoms with E-state index >= 15 is 0 Å². The van der Waals surface area contributed by atoms with E-state index in [9.17, 15) is 26.4 Å². The van der Waals surface area contributed by atoms with Crippen LogP contribution in [0.3, 0.4) is 0 Å². The Labute approximate surface area is 179 Å². The van der Waals surface area contributed by atoms with Crippen molar-refractivity contribution in [3.05, 3.63) is 64.5 Å². The van der Waals surface area contributed by atoms with Crippen molar-refractivity contribution >= 4 is 38.6 Å².